The zero-order valence-electron chi connectivity index (χ0n) is 10.3. The Balaban J connectivity index is 2.44. The smallest absolute Gasteiger partial charge is 0.211 e. The Morgan fingerprint density at radius 3 is 3.00 bits per heavy atom. The highest BCUT2D eigenvalue weighted by molar-refractivity contribution is 5.49. The largest absolute Gasteiger partial charge is 0.504 e. The third kappa shape index (κ3) is 2.24. The van der Waals surface area contributed by atoms with Gasteiger partial charge in [-0.3, -0.25) is 10.1 Å². The first-order chi connectivity index (χ1) is 8.45. The zero-order valence-corrected chi connectivity index (χ0v) is 10.3. The molecule has 0 aromatic heterocycles. The molecule has 1 aliphatic rings. The summed E-state index contributed by atoms with van der Waals surface area (Å²) in [7, 11) is 1.48. The lowest BCUT2D eigenvalue weighted by molar-refractivity contribution is -0.485. The summed E-state index contributed by atoms with van der Waals surface area (Å²) in [5, 5.41) is 20.5. The monoisotopic (exact) mass is 253 g/mol. The van der Waals surface area contributed by atoms with Crippen LogP contribution in [-0.2, 0) is 4.74 Å². The maximum absolute atomic E-state index is 10.7. The topological polar surface area (TPSA) is 81.8 Å². The number of hydrogen-bond acceptors (Lipinski definition) is 5. The van der Waals surface area contributed by atoms with Crippen molar-refractivity contribution in [3.8, 4) is 11.5 Å². The minimum absolute atomic E-state index is 0.0242. The molecule has 0 spiro atoms. The molecule has 2 atom stereocenters. The van der Waals surface area contributed by atoms with Gasteiger partial charge in [0.1, 0.15) is 0 Å². The Hall–Kier alpha value is -1.82. The van der Waals surface area contributed by atoms with Crippen molar-refractivity contribution in [2.45, 2.75) is 25.0 Å². The van der Waals surface area contributed by atoms with Crippen LogP contribution in [0.1, 0.15) is 24.8 Å². The molecule has 6 nitrogen and oxygen atoms in total. The van der Waals surface area contributed by atoms with Gasteiger partial charge < -0.3 is 14.6 Å². The number of nitro groups is 1. The SMILES string of the molecule is CO[C@@]1(C)C[C@H](C[N+](=O)[O-])c2cccc(O)c2O1. The molecule has 0 unspecified atom stereocenters. The highest BCUT2D eigenvalue weighted by Gasteiger charge is 2.40. The van der Waals surface area contributed by atoms with Crippen LogP contribution in [0.5, 0.6) is 11.5 Å². The second-order valence-electron chi connectivity index (χ2n) is 4.55. The van der Waals surface area contributed by atoms with Crippen molar-refractivity contribution in [3.05, 3.63) is 33.9 Å². The molecule has 0 fully saturated rings. The van der Waals surface area contributed by atoms with Crippen LogP contribution in [0.15, 0.2) is 18.2 Å². The molecule has 18 heavy (non-hydrogen) atoms. The van der Waals surface area contributed by atoms with Crippen molar-refractivity contribution < 1.29 is 19.5 Å². The molecule has 0 bridgehead atoms. The Labute approximate surface area is 104 Å². The summed E-state index contributed by atoms with van der Waals surface area (Å²) < 4.78 is 10.9. The lowest BCUT2D eigenvalue weighted by Crippen LogP contribution is -2.41. The molecule has 0 radical (unpaired) electrons. The molecule has 2 rings (SSSR count). The normalized spacial score (nSPS) is 26.2. The average molecular weight is 253 g/mol. The van der Waals surface area contributed by atoms with E-state index in [1.807, 2.05) is 0 Å². The molecule has 0 amide bonds. The molecule has 1 aliphatic heterocycles. The van der Waals surface area contributed by atoms with Crippen LogP contribution in [-0.4, -0.2) is 29.5 Å². The molecule has 0 aliphatic carbocycles. The quantitative estimate of drug-likeness (QED) is 0.657. The van der Waals surface area contributed by atoms with Gasteiger partial charge in [-0.15, -0.1) is 0 Å². The first kappa shape index (κ1) is 12.6. The van der Waals surface area contributed by atoms with E-state index in [0.717, 1.165) is 0 Å². The van der Waals surface area contributed by atoms with Crippen molar-refractivity contribution in [3.63, 3.8) is 0 Å². The molecular weight excluding hydrogens is 238 g/mol. The van der Waals surface area contributed by atoms with Crippen molar-refractivity contribution in [1.29, 1.82) is 0 Å². The van der Waals surface area contributed by atoms with E-state index >= 15 is 0 Å². The van der Waals surface area contributed by atoms with E-state index < -0.39 is 5.79 Å². The maximum atomic E-state index is 10.7. The number of fused-ring (bicyclic) bond motifs is 1. The standard InChI is InChI=1S/C12H15NO5/c1-12(17-2)6-8(7-13(15)16)9-4-3-5-10(14)11(9)18-12/h3-5,8,14H,6-7H2,1-2H3/t8-,12-/m1/s1. The van der Waals surface area contributed by atoms with Crippen LogP contribution in [0.3, 0.4) is 0 Å². The number of ether oxygens (including phenoxy) is 2. The van der Waals surface area contributed by atoms with Crippen LogP contribution < -0.4 is 4.74 Å². The lowest BCUT2D eigenvalue weighted by Gasteiger charge is -2.37. The van der Waals surface area contributed by atoms with Gasteiger partial charge in [0, 0.05) is 30.9 Å². The molecule has 6 heteroatoms. The molecule has 98 valence electrons. The van der Waals surface area contributed by atoms with E-state index in [9.17, 15) is 15.2 Å². The predicted molar refractivity (Wildman–Crippen MR) is 63.4 cm³/mol. The molecular formula is C12H15NO5. The van der Waals surface area contributed by atoms with Crippen LogP contribution in [0, 0.1) is 10.1 Å². The molecule has 0 saturated carbocycles. The molecule has 1 aromatic carbocycles. The van der Waals surface area contributed by atoms with Gasteiger partial charge in [0.15, 0.2) is 11.5 Å². The Kier molecular flexibility index (Phi) is 3.13. The fourth-order valence-corrected chi connectivity index (χ4v) is 2.26. The summed E-state index contributed by atoms with van der Waals surface area (Å²) in [6, 6.07) is 4.88. The molecule has 1 heterocycles. The van der Waals surface area contributed by atoms with Gasteiger partial charge >= 0.3 is 0 Å². The summed E-state index contributed by atoms with van der Waals surface area (Å²) in [6.45, 7) is 1.49. The van der Waals surface area contributed by atoms with Gasteiger partial charge in [-0.25, -0.2) is 0 Å². The summed E-state index contributed by atoms with van der Waals surface area (Å²) in [4.78, 5) is 10.4. The first-order valence-electron chi connectivity index (χ1n) is 5.63. The molecule has 1 N–H and O–H groups in total. The van der Waals surface area contributed by atoms with Gasteiger partial charge in [0.2, 0.25) is 12.3 Å². The summed E-state index contributed by atoms with van der Waals surface area (Å²) >= 11 is 0. The van der Waals surface area contributed by atoms with Gasteiger partial charge in [-0.05, 0) is 6.07 Å². The van der Waals surface area contributed by atoms with E-state index in [-0.39, 0.29) is 28.9 Å². The van der Waals surface area contributed by atoms with Gasteiger partial charge in [0.25, 0.3) is 0 Å². The number of phenolic OH excluding ortho intramolecular Hbond substituents is 1. The van der Waals surface area contributed by atoms with Crippen molar-refractivity contribution in [2.24, 2.45) is 0 Å². The van der Waals surface area contributed by atoms with Crippen LogP contribution >= 0.6 is 0 Å². The maximum Gasteiger partial charge on any atom is 0.211 e. The number of rotatable bonds is 3. The highest BCUT2D eigenvalue weighted by atomic mass is 16.7. The van der Waals surface area contributed by atoms with Crippen molar-refractivity contribution in [1.82, 2.24) is 0 Å². The molecule has 0 saturated heterocycles. The number of phenols is 1. The van der Waals surface area contributed by atoms with E-state index in [4.69, 9.17) is 9.47 Å². The second-order valence-corrected chi connectivity index (χ2v) is 4.55. The summed E-state index contributed by atoms with van der Waals surface area (Å²) in [6.07, 6.45) is 0.376. The first-order valence-corrected chi connectivity index (χ1v) is 5.63. The fourth-order valence-electron chi connectivity index (χ4n) is 2.26. The minimum Gasteiger partial charge on any atom is -0.504 e. The van der Waals surface area contributed by atoms with Gasteiger partial charge in [-0.1, -0.05) is 12.1 Å². The number of methoxy groups -OCH3 is 1. The van der Waals surface area contributed by atoms with Crippen molar-refractivity contribution in [2.75, 3.05) is 13.7 Å². The number of nitrogens with zero attached hydrogens (tertiary/aromatic N) is 1. The number of hydrogen-bond donors (Lipinski definition) is 1. The average Bonchev–Trinajstić information content (AvgIpc) is 2.30. The van der Waals surface area contributed by atoms with Crippen molar-refractivity contribution >= 4 is 0 Å². The lowest BCUT2D eigenvalue weighted by atomic mass is 9.88. The third-order valence-corrected chi connectivity index (χ3v) is 3.20. The van der Waals surface area contributed by atoms with E-state index in [1.165, 1.54) is 13.2 Å². The number of para-hydroxylation sites is 1. The van der Waals surface area contributed by atoms with Crippen LogP contribution in [0.25, 0.3) is 0 Å². The summed E-state index contributed by atoms with van der Waals surface area (Å²) in [5.41, 5.74) is 0.654. The Morgan fingerprint density at radius 1 is 1.67 bits per heavy atom. The number of aromatic hydroxyl groups is 1. The Morgan fingerprint density at radius 2 is 2.39 bits per heavy atom. The number of benzene rings is 1. The Bertz CT molecular complexity index is 476. The molecule has 1 aromatic rings. The van der Waals surface area contributed by atoms with Gasteiger partial charge in [0.05, 0.1) is 5.92 Å². The highest BCUT2D eigenvalue weighted by Crippen LogP contribution is 2.45. The van der Waals surface area contributed by atoms with Crippen LogP contribution in [0.2, 0.25) is 0 Å². The summed E-state index contributed by atoms with van der Waals surface area (Å²) in [5.74, 6) is -1.03. The third-order valence-electron chi connectivity index (χ3n) is 3.20. The van der Waals surface area contributed by atoms with E-state index in [1.54, 1.807) is 19.1 Å². The fraction of sp³-hybridized carbons (Fsp3) is 0.500. The second kappa shape index (κ2) is 4.45. The minimum atomic E-state index is -0.952. The van der Waals surface area contributed by atoms with Crippen LogP contribution in [0.4, 0.5) is 0 Å². The predicted octanol–water partition coefficient (Wildman–Crippen LogP) is 1.90. The van der Waals surface area contributed by atoms with E-state index in [2.05, 4.69) is 0 Å². The van der Waals surface area contributed by atoms with Gasteiger partial charge in [-0.2, -0.15) is 0 Å². The zero-order chi connectivity index (χ0) is 13.3. The van der Waals surface area contributed by atoms with E-state index in [0.29, 0.717) is 12.0 Å².